The molecule has 2 nitrogen and oxygen atoms in total. The highest BCUT2D eigenvalue weighted by atomic mass is 32.2. The summed E-state index contributed by atoms with van der Waals surface area (Å²) >= 11 is 2.08. The molecule has 0 amide bonds. The molecule has 0 unspecified atom stereocenters. The first-order chi connectivity index (χ1) is 14.5. The van der Waals surface area contributed by atoms with Crippen molar-refractivity contribution >= 4 is 11.8 Å². The molecule has 0 bridgehead atoms. The molecule has 2 fully saturated rings. The van der Waals surface area contributed by atoms with E-state index in [0.29, 0.717) is 34.8 Å². The van der Waals surface area contributed by atoms with Crippen LogP contribution in [0.5, 0.6) is 0 Å². The third-order valence-corrected chi connectivity index (χ3v) is 9.08. The zero-order valence-corrected chi connectivity index (χ0v) is 21.2. The van der Waals surface area contributed by atoms with E-state index in [1.165, 1.54) is 37.9 Å². The highest BCUT2D eigenvalue weighted by Gasteiger charge is 2.45. The lowest BCUT2D eigenvalue weighted by Crippen LogP contribution is -2.32. The van der Waals surface area contributed by atoms with Crippen molar-refractivity contribution in [3.63, 3.8) is 0 Å². The molecule has 3 aliphatic rings. The van der Waals surface area contributed by atoms with Gasteiger partial charge in [0, 0.05) is 11.2 Å². The van der Waals surface area contributed by atoms with Crippen LogP contribution in [0, 0.1) is 17.3 Å². The second kappa shape index (κ2) is 10.0. The van der Waals surface area contributed by atoms with Crippen LogP contribution < -0.4 is 0 Å². The Bertz CT molecular complexity index is 753. The lowest BCUT2D eigenvalue weighted by atomic mass is 9.62. The summed E-state index contributed by atoms with van der Waals surface area (Å²) in [6.07, 6.45) is 14.4. The van der Waals surface area contributed by atoms with Crippen molar-refractivity contribution in [3.05, 3.63) is 47.1 Å². The lowest BCUT2D eigenvalue weighted by molar-refractivity contribution is 0.0862. The first-order valence-corrected chi connectivity index (χ1v) is 13.3. The number of thioether (sulfide) groups is 1. The number of aliphatic hydroxyl groups excluding tert-OH is 2. The molecule has 0 aliphatic heterocycles. The minimum atomic E-state index is -0.609. The quantitative estimate of drug-likeness (QED) is 0.342. The Balaban J connectivity index is 1.66. The van der Waals surface area contributed by atoms with Gasteiger partial charge in [0.2, 0.25) is 0 Å². The van der Waals surface area contributed by atoms with E-state index in [4.69, 9.17) is 0 Å². The number of allylic oxidation sites excluding steroid dienone is 5. The van der Waals surface area contributed by atoms with Crippen molar-refractivity contribution in [3.8, 4) is 0 Å². The Kier molecular flexibility index (Phi) is 8.03. The molecule has 0 heterocycles. The summed E-state index contributed by atoms with van der Waals surface area (Å²) in [5.74, 6) is 2.52. The lowest BCUT2D eigenvalue weighted by Gasteiger charge is -2.42. The predicted octanol–water partition coefficient (Wildman–Crippen LogP) is 7.00. The number of rotatable bonds is 6. The molecule has 0 aromatic heterocycles. The molecule has 2 saturated carbocycles. The van der Waals surface area contributed by atoms with Crippen molar-refractivity contribution in [1.29, 1.82) is 0 Å². The third-order valence-electron chi connectivity index (χ3n) is 7.72. The Morgan fingerprint density at radius 1 is 1.29 bits per heavy atom. The van der Waals surface area contributed by atoms with Gasteiger partial charge < -0.3 is 10.2 Å². The van der Waals surface area contributed by atoms with Gasteiger partial charge in [-0.1, -0.05) is 70.6 Å². The molecule has 3 heteroatoms. The van der Waals surface area contributed by atoms with Gasteiger partial charge in [0.25, 0.3) is 0 Å². The molecule has 0 saturated heterocycles. The summed E-state index contributed by atoms with van der Waals surface area (Å²) in [6, 6.07) is 0. The molecular weight excluding hydrogens is 400 g/mol. The van der Waals surface area contributed by atoms with Crippen molar-refractivity contribution in [1.82, 2.24) is 0 Å². The van der Waals surface area contributed by atoms with Crippen molar-refractivity contribution < 1.29 is 10.2 Å². The molecule has 0 aromatic carbocycles. The summed E-state index contributed by atoms with van der Waals surface area (Å²) in [6.45, 7) is 15.9. The molecule has 0 radical (unpaired) electrons. The van der Waals surface area contributed by atoms with Crippen molar-refractivity contribution in [2.24, 2.45) is 17.3 Å². The average molecular weight is 445 g/mol. The van der Waals surface area contributed by atoms with Crippen LogP contribution >= 0.6 is 11.8 Å². The summed E-state index contributed by atoms with van der Waals surface area (Å²) in [4.78, 5) is 0. The zero-order valence-electron chi connectivity index (χ0n) is 20.4. The normalized spacial score (nSPS) is 35.4. The second-order valence-corrected chi connectivity index (χ2v) is 13.2. The van der Waals surface area contributed by atoms with Crippen LogP contribution in [0.15, 0.2) is 47.1 Å². The fraction of sp³-hybridized carbons (Fsp3) is 0.714. The van der Waals surface area contributed by atoms with Crippen LogP contribution in [0.2, 0.25) is 0 Å². The Labute approximate surface area is 195 Å². The van der Waals surface area contributed by atoms with Crippen LogP contribution in [0.3, 0.4) is 0 Å². The molecule has 2 N–H and O–H groups in total. The van der Waals surface area contributed by atoms with Crippen LogP contribution in [0.4, 0.5) is 0 Å². The average Bonchev–Trinajstić information content (AvgIpc) is 3.03. The number of fused-ring (bicyclic) bond motifs is 1. The fourth-order valence-corrected chi connectivity index (χ4v) is 6.93. The van der Waals surface area contributed by atoms with Crippen molar-refractivity contribution in [2.75, 3.05) is 5.75 Å². The topological polar surface area (TPSA) is 40.5 Å². The first-order valence-electron chi connectivity index (χ1n) is 12.3. The maximum absolute atomic E-state index is 10.1. The van der Waals surface area contributed by atoms with E-state index >= 15 is 0 Å². The third kappa shape index (κ3) is 5.97. The standard InChI is InChI=1S/C28H44O2S/c1-19(9-8-16-31-27(3,4)5)24-13-14-25-21(10-7-15-28(24,25)6)11-12-22-17-23(29)18-26(30)20(22)2/h11-13,19,23,25-26,29-30H,2,7-10,14-18H2,1,3-6H3/b21-11+,22-12-/t19-,23-,25+,26+,28-/m1/s1. The van der Waals surface area contributed by atoms with Crippen LogP contribution in [-0.4, -0.2) is 32.9 Å². The van der Waals surface area contributed by atoms with E-state index in [0.717, 1.165) is 17.6 Å². The Morgan fingerprint density at radius 2 is 2.03 bits per heavy atom. The highest BCUT2D eigenvalue weighted by molar-refractivity contribution is 8.00. The van der Waals surface area contributed by atoms with Crippen LogP contribution in [-0.2, 0) is 0 Å². The van der Waals surface area contributed by atoms with E-state index in [-0.39, 0.29) is 0 Å². The SMILES string of the molecule is C=C1/C(=C\C=C2/CCC[C@]3(C)C([C@H](C)CCCSC(C)(C)C)=CC[C@@H]23)C[C@@H](O)C[C@@H]1O. The zero-order chi connectivity index (χ0) is 22.8. The smallest absolute Gasteiger partial charge is 0.0811 e. The Hall–Kier alpha value is -0.770. The van der Waals surface area contributed by atoms with Crippen LogP contribution in [0.1, 0.15) is 86.0 Å². The van der Waals surface area contributed by atoms with Gasteiger partial charge in [-0.25, -0.2) is 0 Å². The van der Waals surface area contributed by atoms with E-state index < -0.39 is 12.2 Å². The second-order valence-electron chi connectivity index (χ2n) is 11.3. The fourth-order valence-electron chi connectivity index (χ4n) is 6.00. The molecule has 3 aliphatic carbocycles. The largest absolute Gasteiger partial charge is 0.393 e. The maximum atomic E-state index is 10.1. The van der Waals surface area contributed by atoms with Gasteiger partial charge >= 0.3 is 0 Å². The number of hydrogen-bond donors (Lipinski definition) is 2. The van der Waals surface area contributed by atoms with Crippen LogP contribution in [0.25, 0.3) is 0 Å². The summed E-state index contributed by atoms with van der Waals surface area (Å²) in [5.41, 5.74) is 5.34. The minimum absolute atomic E-state index is 0.293. The van der Waals surface area contributed by atoms with E-state index in [9.17, 15) is 10.2 Å². The van der Waals surface area contributed by atoms with Crippen molar-refractivity contribution in [2.45, 2.75) is 103 Å². The molecule has 3 rings (SSSR count). The molecule has 0 spiro atoms. The van der Waals surface area contributed by atoms with Gasteiger partial charge in [-0.05, 0) is 79.1 Å². The van der Waals surface area contributed by atoms with Gasteiger partial charge in [-0.2, -0.15) is 11.8 Å². The molecule has 174 valence electrons. The number of aliphatic hydroxyl groups is 2. The first kappa shape index (κ1) is 24.9. The molecule has 0 aromatic rings. The van der Waals surface area contributed by atoms with Gasteiger partial charge in [-0.3, -0.25) is 0 Å². The van der Waals surface area contributed by atoms with Gasteiger partial charge in [0.05, 0.1) is 12.2 Å². The monoisotopic (exact) mass is 444 g/mol. The molecular formula is C28H44O2S. The highest BCUT2D eigenvalue weighted by Crippen LogP contribution is 2.57. The van der Waals surface area contributed by atoms with E-state index in [2.05, 4.69) is 71.2 Å². The summed E-state index contributed by atoms with van der Waals surface area (Å²) in [7, 11) is 0. The predicted molar refractivity (Wildman–Crippen MR) is 135 cm³/mol. The van der Waals surface area contributed by atoms with Gasteiger partial charge in [0.15, 0.2) is 0 Å². The summed E-state index contributed by atoms with van der Waals surface area (Å²) in [5, 5.41) is 20.2. The number of hydrogen-bond acceptors (Lipinski definition) is 3. The van der Waals surface area contributed by atoms with Gasteiger partial charge in [-0.15, -0.1) is 0 Å². The van der Waals surface area contributed by atoms with E-state index in [1.807, 2.05) is 0 Å². The molecule has 31 heavy (non-hydrogen) atoms. The Morgan fingerprint density at radius 3 is 2.74 bits per heavy atom. The maximum Gasteiger partial charge on any atom is 0.0811 e. The molecule has 5 atom stereocenters. The van der Waals surface area contributed by atoms with E-state index in [1.54, 1.807) is 11.1 Å². The summed E-state index contributed by atoms with van der Waals surface area (Å²) < 4.78 is 0.361. The van der Waals surface area contributed by atoms with Gasteiger partial charge in [0.1, 0.15) is 0 Å². The minimum Gasteiger partial charge on any atom is -0.393 e.